The van der Waals surface area contributed by atoms with Gasteiger partial charge in [0.15, 0.2) is 17.0 Å². The van der Waals surface area contributed by atoms with E-state index >= 15 is 0 Å². The Morgan fingerprint density at radius 1 is 1.02 bits per heavy atom. The van der Waals surface area contributed by atoms with E-state index in [9.17, 15) is 22.8 Å². The van der Waals surface area contributed by atoms with E-state index in [4.69, 9.17) is 4.74 Å². The van der Waals surface area contributed by atoms with Crippen molar-refractivity contribution in [3.05, 3.63) is 101 Å². The van der Waals surface area contributed by atoms with Crippen molar-refractivity contribution in [3.8, 4) is 11.3 Å². The molecule has 40 heavy (non-hydrogen) atoms. The van der Waals surface area contributed by atoms with Gasteiger partial charge in [0, 0.05) is 17.8 Å². The summed E-state index contributed by atoms with van der Waals surface area (Å²) >= 11 is 0. The lowest BCUT2D eigenvalue weighted by Crippen LogP contribution is -2.15. The quantitative estimate of drug-likeness (QED) is 0.288. The molecule has 12 heteroatoms. The number of methoxy groups -OCH3 is 1. The highest BCUT2D eigenvalue weighted by molar-refractivity contribution is 6.03. The fourth-order valence-corrected chi connectivity index (χ4v) is 4.19. The maximum absolute atomic E-state index is 14.0. The molecule has 0 spiro atoms. The van der Waals surface area contributed by atoms with E-state index in [-0.39, 0.29) is 29.3 Å². The zero-order valence-corrected chi connectivity index (χ0v) is 21.7. The Hall–Kier alpha value is -5.00. The summed E-state index contributed by atoms with van der Waals surface area (Å²) in [7, 11) is 1.29. The van der Waals surface area contributed by atoms with Crippen LogP contribution in [0.4, 0.5) is 18.9 Å². The van der Waals surface area contributed by atoms with Crippen molar-refractivity contribution in [2.24, 2.45) is 0 Å². The predicted octanol–water partition coefficient (Wildman–Crippen LogP) is 5.32. The summed E-state index contributed by atoms with van der Waals surface area (Å²) < 4.78 is 48.8. The molecule has 5 rings (SSSR count). The number of esters is 1. The van der Waals surface area contributed by atoms with E-state index in [0.717, 1.165) is 17.2 Å². The van der Waals surface area contributed by atoms with Crippen LogP contribution in [0.1, 0.15) is 43.2 Å². The zero-order chi connectivity index (χ0) is 28.6. The van der Waals surface area contributed by atoms with Gasteiger partial charge in [0.1, 0.15) is 0 Å². The number of halogens is 3. The number of benzene rings is 2. The Morgan fingerprint density at radius 3 is 2.52 bits per heavy atom. The first-order valence-corrected chi connectivity index (χ1v) is 12.1. The molecule has 0 aliphatic heterocycles. The van der Waals surface area contributed by atoms with Gasteiger partial charge < -0.3 is 10.1 Å². The number of ether oxygens (including phenoxy) is 1. The standard InChI is InChI=1S/C28H23F3N6O3/c1-16-8-9-18(10-17(16)2)22-11-24(28(29,30)31)37-25(34-22)12-23(35-37)26(38)33-20-13-32-36(15-20)14-19-6-4-5-7-21(19)27(39)40-3/h4-13,15H,14H2,1-3H3,(H,33,38). The first kappa shape index (κ1) is 26.6. The van der Waals surface area contributed by atoms with Gasteiger partial charge in [-0.3, -0.25) is 9.48 Å². The fourth-order valence-electron chi connectivity index (χ4n) is 4.19. The Labute approximate surface area is 226 Å². The molecule has 3 heterocycles. The van der Waals surface area contributed by atoms with Crippen LogP contribution >= 0.6 is 0 Å². The van der Waals surface area contributed by atoms with Crippen LogP contribution in [0.15, 0.2) is 67.0 Å². The van der Waals surface area contributed by atoms with Crippen molar-refractivity contribution < 1.29 is 27.5 Å². The van der Waals surface area contributed by atoms with Crippen molar-refractivity contribution in [2.45, 2.75) is 26.6 Å². The van der Waals surface area contributed by atoms with E-state index in [1.165, 1.54) is 30.3 Å². The van der Waals surface area contributed by atoms with Gasteiger partial charge in [0.05, 0.1) is 36.8 Å². The van der Waals surface area contributed by atoms with Gasteiger partial charge in [-0.15, -0.1) is 0 Å². The van der Waals surface area contributed by atoms with Gasteiger partial charge in [-0.25, -0.2) is 14.3 Å². The first-order valence-electron chi connectivity index (χ1n) is 12.1. The van der Waals surface area contributed by atoms with Crippen LogP contribution in [0.3, 0.4) is 0 Å². The van der Waals surface area contributed by atoms with Crippen molar-refractivity contribution in [1.29, 1.82) is 0 Å². The van der Waals surface area contributed by atoms with E-state index < -0.39 is 23.7 Å². The number of anilines is 1. The molecule has 0 fully saturated rings. The van der Waals surface area contributed by atoms with Crippen LogP contribution in [0.25, 0.3) is 16.9 Å². The Morgan fingerprint density at radius 2 is 1.80 bits per heavy atom. The molecule has 0 unspecified atom stereocenters. The average molecular weight is 549 g/mol. The Bertz CT molecular complexity index is 1760. The monoisotopic (exact) mass is 548 g/mol. The maximum atomic E-state index is 14.0. The summed E-state index contributed by atoms with van der Waals surface area (Å²) in [5.41, 5.74) is 2.44. The summed E-state index contributed by atoms with van der Waals surface area (Å²) in [6.07, 6.45) is -1.83. The van der Waals surface area contributed by atoms with Crippen molar-refractivity contribution >= 4 is 23.2 Å². The third-order valence-corrected chi connectivity index (χ3v) is 6.40. The lowest BCUT2D eigenvalue weighted by atomic mass is 10.0. The molecular formula is C28H23F3N6O3. The molecule has 0 bridgehead atoms. The normalized spacial score (nSPS) is 11.6. The minimum atomic E-state index is -4.74. The number of amides is 1. The van der Waals surface area contributed by atoms with Gasteiger partial charge >= 0.3 is 12.1 Å². The van der Waals surface area contributed by atoms with Crippen molar-refractivity contribution in [3.63, 3.8) is 0 Å². The van der Waals surface area contributed by atoms with E-state index in [0.29, 0.717) is 21.2 Å². The minimum Gasteiger partial charge on any atom is -0.465 e. The summed E-state index contributed by atoms with van der Waals surface area (Å²) in [5.74, 6) is -1.23. The van der Waals surface area contributed by atoms with Gasteiger partial charge in [-0.1, -0.05) is 30.3 Å². The number of carbonyl (C=O) groups is 2. The second kappa shape index (κ2) is 10.3. The van der Waals surface area contributed by atoms with Crippen LogP contribution in [0, 0.1) is 13.8 Å². The highest BCUT2D eigenvalue weighted by atomic mass is 19.4. The number of fused-ring (bicyclic) bond motifs is 1. The Balaban J connectivity index is 1.42. The molecule has 5 aromatic rings. The summed E-state index contributed by atoms with van der Waals surface area (Å²) in [5, 5.41) is 10.7. The largest absolute Gasteiger partial charge is 0.465 e. The molecule has 0 saturated carbocycles. The predicted molar refractivity (Wildman–Crippen MR) is 140 cm³/mol. The number of hydrogen-bond acceptors (Lipinski definition) is 6. The molecule has 204 valence electrons. The van der Waals surface area contributed by atoms with Crippen LogP contribution in [-0.2, 0) is 17.5 Å². The van der Waals surface area contributed by atoms with E-state index in [1.54, 1.807) is 36.4 Å². The number of carbonyl (C=O) groups excluding carboxylic acids is 2. The second-order valence-electron chi connectivity index (χ2n) is 9.15. The molecule has 0 atom stereocenters. The molecule has 9 nitrogen and oxygen atoms in total. The average Bonchev–Trinajstić information content (AvgIpc) is 3.55. The van der Waals surface area contributed by atoms with E-state index in [1.807, 2.05) is 19.9 Å². The first-order chi connectivity index (χ1) is 19.0. The number of hydrogen-bond donors (Lipinski definition) is 1. The van der Waals surface area contributed by atoms with Crippen LogP contribution in [0.2, 0.25) is 0 Å². The molecule has 0 aliphatic rings. The molecule has 1 N–H and O–H groups in total. The van der Waals surface area contributed by atoms with Gasteiger partial charge in [0.25, 0.3) is 5.91 Å². The molecular weight excluding hydrogens is 525 g/mol. The van der Waals surface area contributed by atoms with Gasteiger partial charge in [-0.05, 0) is 48.7 Å². The van der Waals surface area contributed by atoms with Crippen LogP contribution in [-0.4, -0.2) is 43.4 Å². The molecule has 0 aliphatic carbocycles. The number of nitrogens with one attached hydrogen (secondary N) is 1. The highest BCUT2D eigenvalue weighted by Gasteiger charge is 2.35. The SMILES string of the molecule is COC(=O)c1ccccc1Cn1cc(NC(=O)c2cc3nc(-c4ccc(C)c(C)c4)cc(C(F)(F)F)n3n2)cn1. The topological polar surface area (TPSA) is 103 Å². The lowest BCUT2D eigenvalue weighted by Gasteiger charge is -2.11. The Kier molecular flexibility index (Phi) is 6.84. The number of aryl methyl sites for hydroxylation is 2. The molecule has 0 saturated heterocycles. The van der Waals surface area contributed by atoms with E-state index in [2.05, 4.69) is 20.5 Å². The number of aromatic nitrogens is 5. The van der Waals surface area contributed by atoms with Crippen LogP contribution in [0.5, 0.6) is 0 Å². The summed E-state index contributed by atoms with van der Waals surface area (Å²) in [6, 6.07) is 14.3. The van der Waals surface area contributed by atoms with Crippen molar-refractivity contribution in [1.82, 2.24) is 24.4 Å². The van der Waals surface area contributed by atoms with Gasteiger partial charge in [-0.2, -0.15) is 23.4 Å². The summed E-state index contributed by atoms with van der Waals surface area (Å²) in [6.45, 7) is 3.99. The molecule has 1 amide bonds. The third-order valence-electron chi connectivity index (χ3n) is 6.40. The third kappa shape index (κ3) is 5.28. The fraction of sp³-hybridized carbons (Fsp3) is 0.179. The van der Waals surface area contributed by atoms with Crippen molar-refractivity contribution in [2.75, 3.05) is 12.4 Å². The minimum absolute atomic E-state index is 0.114. The second-order valence-corrected chi connectivity index (χ2v) is 9.15. The number of rotatable bonds is 6. The molecule has 0 radical (unpaired) electrons. The molecule has 3 aromatic heterocycles. The maximum Gasteiger partial charge on any atom is 0.433 e. The number of nitrogens with zero attached hydrogens (tertiary/aromatic N) is 5. The zero-order valence-electron chi connectivity index (χ0n) is 21.7. The lowest BCUT2D eigenvalue weighted by molar-refractivity contribution is -0.142. The van der Waals surface area contributed by atoms with Crippen LogP contribution < -0.4 is 5.32 Å². The highest BCUT2D eigenvalue weighted by Crippen LogP contribution is 2.33. The summed E-state index contributed by atoms with van der Waals surface area (Å²) in [4.78, 5) is 29.3. The smallest absolute Gasteiger partial charge is 0.433 e. The van der Waals surface area contributed by atoms with Gasteiger partial charge in [0.2, 0.25) is 0 Å². The molecule has 2 aromatic carbocycles. The number of alkyl halides is 3.